The molecule has 0 radical (unpaired) electrons. The first kappa shape index (κ1) is 25.3. The van der Waals surface area contributed by atoms with Gasteiger partial charge in [0.05, 0.1) is 25.5 Å². The van der Waals surface area contributed by atoms with Gasteiger partial charge in [-0.1, -0.05) is 12.1 Å². The maximum Gasteiger partial charge on any atom is 0.335 e. The third-order valence-corrected chi connectivity index (χ3v) is 6.26. The molecule has 0 fully saturated rings. The summed E-state index contributed by atoms with van der Waals surface area (Å²) in [6.07, 6.45) is 5.37. The van der Waals surface area contributed by atoms with Gasteiger partial charge in [-0.2, -0.15) is 0 Å². The fourth-order valence-electron chi connectivity index (χ4n) is 4.25. The van der Waals surface area contributed by atoms with E-state index in [0.717, 1.165) is 16.8 Å². The lowest BCUT2D eigenvalue weighted by Crippen LogP contribution is -2.14. The van der Waals surface area contributed by atoms with Gasteiger partial charge in [0.2, 0.25) is 0 Å². The van der Waals surface area contributed by atoms with Crippen molar-refractivity contribution < 1.29 is 24.2 Å². The van der Waals surface area contributed by atoms with E-state index in [-0.39, 0.29) is 11.5 Å². The van der Waals surface area contributed by atoms with E-state index in [2.05, 4.69) is 15.6 Å². The van der Waals surface area contributed by atoms with Crippen LogP contribution in [0.15, 0.2) is 79.3 Å². The molecule has 39 heavy (non-hydrogen) atoms. The Bertz CT molecular complexity index is 1690. The molecule has 3 N–H and O–H groups in total. The van der Waals surface area contributed by atoms with Gasteiger partial charge in [-0.25, -0.2) is 14.8 Å². The minimum Gasteiger partial charge on any atom is -0.493 e. The predicted octanol–water partition coefficient (Wildman–Crippen LogP) is 5.42. The molecule has 0 unspecified atom stereocenters. The Hall–Kier alpha value is -5.38. The summed E-state index contributed by atoms with van der Waals surface area (Å²) in [4.78, 5) is 33.5. The lowest BCUT2D eigenvalue weighted by atomic mass is 9.99. The second kappa shape index (κ2) is 10.5. The number of fused-ring (bicyclic) bond motifs is 1. The molecule has 0 aliphatic heterocycles. The zero-order valence-corrected chi connectivity index (χ0v) is 21.4. The first-order valence-corrected chi connectivity index (χ1v) is 12.0. The molecular weight excluding hydrogens is 498 g/mol. The lowest BCUT2D eigenvalue weighted by Gasteiger charge is -2.15. The maximum absolute atomic E-state index is 13.1. The highest BCUT2D eigenvalue weighted by atomic mass is 16.5. The summed E-state index contributed by atoms with van der Waals surface area (Å²) in [5.74, 6) is 0.366. The van der Waals surface area contributed by atoms with Crippen molar-refractivity contribution in [3.63, 3.8) is 0 Å². The van der Waals surface area contributed by atoms with Crippen molar-refractivity contribution in [1.82, 2.24) is 14.4 Å². The summed E-state index contributed by atoms with van der Waals surface area (Å²) >= 11 is 0. The number of amides is 1. The van der Waals surface area contributed by atoms with Gasteiger partial charge < -0.3 is 29.6 Å². The number of carbonyl (C=O) groups is 2. The molecule has 0 aliphatic rings. The first-order valence-electron chi connectivity index (χ1n) is 12.0. The van der Waals surface area contributed by atoms with E-state index in [0.29, 0.717) is 39.9 Å². The van der Waals surface area contributed by atoms with Crippen LogP contribution in [-0.2, 0) is 0 Å². The van der Waals surface area contributed by atoms with E-state index < -0.39 is 5.97 Å². The Morgan fingerprint density at radius 1 is 0.949 bits per heavy atom. The normalized spacial score (nSPS) is 10.7. The molecule has 10 nitrogen and oxygen atoms in total. The van der Waals surface area contributed by atoms with Crippen LogP contribution in [0.2, 0.25) is 0 Å². The maximum atomic E-state index is 13.1. The number of nitrogens with one attached hydrogen (secondary N) is 2. The van der Waals surface area contributed by atoms with Crippen LogP contribution < -0.4 is 20.1 Å². The molecule has 2 heterocycles. The van der Waals surface area contributed by atoms with Crippen LogP contribution in [0.1, 0.15) is 26.3 Å². The van der Waals surface area contributed by atoms with E-state index in [1.54, 1.807) is 50.7 Å². The Morgan fingerprint density at radius 3 is 2.41 bits per heavy atom. The molecule has 10 heteroatoms. The molecule has 0 saturated heterocycles. The topological polar surface area (TPSA) is 127 Å². The Morgan fingerprint density at radius 2 is 1.69 bits per heavy atom. The van der Waals surface area contributed by atoms with Gasteiger partial charge in [-0.15, -0.1) is 0 Å². The standard InChI is InChI=1S/C29H25N5O5/c1-17-21(5-4-6-22(17)28(35)32-19-9-7-18(8-10-19)29(36)37)23-16-34-14-13-30-27(34)26(33-23)31-20-11-12-24(38-2)25(15-20)39-3/h4-16H,1-3H3,(H,31,33)(H,32,35)(H,36,37). The van der Waals surface area contributed by atoms with E-state index in [9.17, 15) is 9.59 Å². The summed E-state index contributed by atoms with van der Waals surface area (Å²) in [5, 5.41) is 15.2. The monoisotopic (exact) mass is 523 g/mol. The van der Waals surface area contributed by atoms with Gasteiger partial charge >= 0.3 is 5.97 Å². The number of carboxylic acid groups (broad SMARTS) is 1. The first-order chi connectivity index (χ1) is 18.9. The third kappa shape index (κ3) is 5.08. The van der Waals surface area contributed by atoms with Gasteiger partial charge in [0.15, 0.2) is 23.0 Å². The van der Waals surface area contributed by atoms with Crippen molar-refractivity contribution in [2.45, 2.75) is 6.92 Å². The fourth-order valence-corrected chi connectivity index (χ4v) is 4.25. The van der Waals surface area contributed by atoms with Crippen LogP contribution in [0.5, 0.6) is 11.5 Å². The molecule has 0 bridgehead atoms. The number of imidazole rings is 1. The number of hydrogen-bond acceptors (Lipinski definition) is 7. The van der Waals surface area contributed by atoms with E-state index >= 15 is 0 Å². The zero-order chi connectivity index (χ0) is 27.5. The summed E-state index contributed by atoms with van der Waals surface area (Å²) in [6.45, 7) is 1.86. The summed E-state index contributed by atoms with van der Waals surface area (Å²) in [7, 11) is 3.15. The molecule has 1 amide bonds. The molecule has 5 aromatic rings. The van der Waals surface area contributed by atoms with Crippen LogP contribution in [0.4, 0.5) is 17.2 Å². The number of aromatic carboxylic acids is 1. The van der Waals surface area contributed by atoms with Crippen molar-refractivity contribution >= 4 is 34.7 Å². The van der Waals surface area contributed by atoms with Crippen molar-refractivity contribution in [2.24, 2.45) is 0 Å². The quantitative estimate of drug-likeness (QED) is 0.246. The second-order valence-corrected chi connectivity index (χ2v) is 8.64. The van der Waals surface area contributed by atoms with E-state index in [4.69, 9.17) is 19.6 Å². The Balaban J connectivity index is 1.48. The van der Waals surface area contributed by atoms with Gasteiger partial charge in [-0.05, 0) is 55.0 Å². The van der Waals surface area contributed by atoms with Crippen molar-refractivity contribution in [2.75, 3.05) is 24.9 Å². The summed E-state index contributed by atoms with van der Waals surface area (Å²) < 4.78 is 12.6. The molecule has 0 atom stereocenters. The van der Waals surface area contributed by atoms with Gasteiger partial charge in [0.1, 0.15) is 0 Å². The number of aromatic nitrogens is 3. The average Bonchev–Trinajstić information content (AvgIpc) is 3.42. The van der Waals surface area contributed by atoms with Crippen LogP contribution in [0, 0.1) is 6.92 Å². The predicted molar refractivity (Wildman–Crippen MR) is 147 cm³/mol. The molecular formula is C29H25N5O5. The highest BCUT2D eigenvalue weighted by Gasteiger charge is 2.17. The van der Waals surface area contributed by atoms with Gasteiger partial charge in [0, 0.05) is 47.2 Å². The largest absolute Gasteiger partial charge is 0.493 e. The van der Waals surface area contributed by atoms with E-state index in [1.165, 1.54) is 12.1 Å². The Kier molecular flexibility index (Phi) is 6.83. The number of carboxylic acids is 1. The van der Waals surface area contributed by atoms with Gasteiger partial charge in [-0.3, -0.25) is 4.79 Å². The number of nitrogens with zero attached hydrogens (tertiary/aromatic N) is 3. The number of methoxy groups -OCH3 is 2. The Labute approximate surface area is 223 Å². The fraction of sp³-hybridized carbons (Fsp3) is 0.103. The minimum atomic E-state index is -1.03. The molecule has 0 spiro atoms. The third-order valence-electron chi connectivity index (χ3n) is 6.26. The number of hydrogen-bond donors (Lipinski definition) is 3. The molecule has 196 valence electrons. The second-order valence-electron chi connectivity index (χ2n) is 8.64. The smallest absolute Gasteiger partial charge is 0.335 e. The van der Waals surface area contributed by atoms with Gasteiger partial charge in [0.25, 0.3) is 5.91 Å². The average molecular weight is 524 g/mol. The highest BCUT2D eigenvalue weighted by molar-refractivity contribution is 6.06. The lowest BCUT2D eigenvalue weighted by molar-refractivity contribution is 0.0696. The molecule has 5 rings (SSSR count). The summed E-state index contributed by atoms with van der Waals surface area (Å²) in [6, 6.07) is 16.9. The van der Waals surface area contributed by atoms with Crippen molar-refractivity contribution in [1.29, 1.82) is 0 Å². The molecule has 2 aromatic heterocycles. The SMILES string of the molecule is COc1ccc(Nc2nc(-c3cccc(C(=O)Nc4ccc(C(=O)O)cc4)c3C)cn3ccnc23)cc1OC. The number of rotatable bonds is 8. The summed E-state index contributed by atoms with van der Waals surface area (Å²) in [5.41, 5.74) is 4.62. The number of benzene rings is 3. The molecule has 0 saturated carbocycles. The van der Waals surface area contributed by atoms with Crippen LogP contribution in [0.25, 0.3) is 16.9 Å². The van der Waals surface area contributed by atoms with Crippen molar-refractivity contribution in [3.05, 3.63) is 95.9 Å². The van der Waals surface area contributed by atoms with Crippen LogP contribution in [-0.4, -0.2) is 45.6 Å². The molecule has 3 aromatic carbocycles. The number of ether oxygens (including phenoxy) is 2. The van der Waals surface area contributed by atoms with E-state index in [1.807, 2.05) is 41.9 Å². The minimum absolute atomic E-state index is 0.143. The highest BCUT2D eigenvalue weighted by Crippen LogP contribution is 2.33. The zero-order valence-electron chi connectivity index (χ0n) is 21.4. The number of anilines is 3. The van der Waals surface area contributed by atoms with Crippen molar-refractivity contribution in [3.8, 4) is 22.8 Å². The van der Waals surface area contributed by atoms with Crippen LogP contribution >= 0.6 is 0 Å². The van der Waals surface area contributed by atoms with Crippen LogP contribution in [0.3, 0.4) is 0 Å². The number of carbonyl (C=O) groups excluding carboxylic acids is 1. The molecule has 0 aliphatic carbocycles.